The quantitative estimate of drug-likeness (QED) is 0.890. The van der Waals surface area contributed by atoms with Crippen LogP contribution < -0.4 is 5.32 Å². The Morgan fingerprint density at radius 3 is 3.00 bits per heavy atom. The molecule has 0 fully saturated rings. The highest BCUT2D eigenvalue weighted by Crippen LogP contribution is 2.20. The number of H-pyrrole nitrogens is 1. The van der Waals surface area contributed by atoms with Crippen molar-refractivity contribution in [2.24, 2.45) is 0 Å². The molecule has 1 amide bonds. The molecule has 1 aromatic heterocycles. The lowest BCUT2D eigenvalue weighted by molar-refractivity contribution is 0.0925. The van der Waals surface area contributed by atoms with Crippen molar-refractivity contribution in [2.75, 3.05) is 0 Å². The second-order valence-electron chi connectivity index (χ2n) is 3.82. The molecule has 0 spiro atoms. The second kappa shape index (κ2) is 5.64. The Kier molecular flexibility index (Phi) is 3.94. The van der Waals surface area contributed by atoms with E-state index in [-0.39, 0.29) is 17.8 Å². The summed E-state index contributed by atoms with van der Waals surface area (Å²) < 4.78 is 0. The molecule has 0 saturated carbocycles. The Morgan fingerprint density at radius 1 is 1.56 bits per heavy atom. The van der Waals surface area contributed by atoms with Crippen LogP contribution in [0.3, 0.4) is 0 Å². The molecule has 5 nitrogen and oxygen atoms in total. The van der Waals surface area contributed by atoms with Gasteiger partial charge < -0.3 is 5.32 Å². The highest BCUT2D eigenvalue weighted by Gasteiger charge is 2.15. The average molecular weight is 265 g/mol. The van der Waals surface area contributed by atoms with Gasteiger partial charge in [0.25, 0.3) is 5.91 Å². The topological polar surface area (TPSA) is 70.7 Å². The van der Waals surface area contributed by atoms with Crippen LogP contribution in [-0.4, -0.2) is 21.1 Å². The number of hydrogen-bond donors (Lipinski definition) is 2. The fourth-order valence-electron chi connectivity index (χ4n) is 1.69. The van der Waals surface area contributed by atoms with Crippen molar-refractivity contribution >= 4 is 17.5 Å². The van der Waals surface area contributed by atoms with Gasteiger partial charge in [-0.1, -0.05) is 30.7 Å². The fraction of sp³-hybridized carbons (Fsp3) is 0.250. The van der Waals surface area contributed by atoms with E-state index in [0.29, 0.717) is 5.02 Å². The third-order valence-corrected chi connectivity index (χ3v) is 2.83. The lowest BCUT2D eigenvalue weighted by atomic mass is 10.0. The van der Waals surface area contributed by atoms with Crippen molar-refractivity contribution in [3.8, 4) is 0 Å². The molecule has 0 saturated heterocycles. The van der Waals surface area contributed by atoms with Gasteiger partial charge in [-0.3, -0.25) is 9.89 Å². The molecule has 1 heterocycles. The van der Waals surface area contributed by atoms with Gasteiger partial charge in [0.15, 0.2) is 0 Å². The van der Waals surface area contributed by atoms with E-state index >= 15 is 0 Å². The first kappa shape index (κ1) is 12.6. The predicted octanol–water partition coefficient (Wildman–Crippen LogP) is 2.34. The van der Waals surface area contributed by atoms with Gasteiger partial charge in [-0.2, -0.15) is 5.10 Å². The lowest BCUT2D eigenvalue weighted by Gasteiger charge is -2.16. The zero-order chi connectivity index (χ0) is 13.0. The van der Waals surface area contributed by atoms with Gasteiger partial charge in [0.05, 0.1) is 6.04 Å². The molecular formula is C12H13ClN4O. The van der Waals surface area contributed by atoms with Gasteiger partial charge in [-0.05, 0) is 24.1 Å². The summed E-state index contributed by atoms with van der Waals surface area (Å²) in [6, 6.07) is 7.34. The van der Waals surface area contributed by atoms with E-state index in [1.54, 1.807) is 6.07 Å². The molecule has 6 heteroatoms. The minimum atomic E-state index is -0.278. The monoisotopic (exact) mass is 264 g/mol. The molecule has 0 aliphatic heterocycles. The minimum Gasteiger partial charge on any atom is -0.343 e. The Hall–Kier alpha value is -1.88. The maximum absolute atomic E-state index is 11.9. The summed E-state index contributed by atoms with van der Waals surface area (Å²) in [5.74, 6) is -0.0743. The first-order valence-electron chi connectivity index (χ1n) is 5.62. The summed E-state index contributed by atoms with van der Waals surface area (Å²) in [5.41, 5.74) is 0.970. The summed E-state index contributed by atoms with van der Waals surface area (Å²) in [6.07, 6.45) is 2.06. The molecule has 0 aliphatic rings. The van der Waals surface area contributed by atoms with E-state index in [0.717, 1.165) is 12.0 Å². The number of aromatic amines is 1. The maximum atomic E-state index is 11.9. The molecule has 1 atom stereocenters. The number of benzene rings is 1. The van der Waals surface area contributed by atoms with E-state index in [1.165, 1.54) is 6.33 Å². The van der Waals surface area contributed by atoms with Gasteiger partial charge in [0.2, 0.25) is 5.82 Å². The molecule has 18 heavy (non-hydrogen) atoms. The van der Waals surface area contributed by atoms with Crippen LogP contribution in [0.1, 0.15) is 35.6 Å². The summed E-state index contributed by atoms with van der Waals surface area (Å²) in [6.45, 7) is 1.99. The number of carbonyl (C=O) groups excluding carboxylic acids is 1. The number of nitrogens with one attached hydrogen (secondary N) is 2. The number of rotatable bonds is 4. The van der Waals surface area contributed by atoms with Gasteiger partial charge in [-0.25, -0.2) is 4.98 Å². The molecule has 0 bridgehead atoms. The first-order valence-corrected chi connectivity index (χ1v) is 6.00. The van der Waals surface area contributed by atoms with Crippen molar-refractivity contribution in [1.29, 1.82) is 0 Å². The van der Waals surface area contributed by atoms with Crippen molar-refractivity contribution in [2.45, 2.75) is 19.4 Å². The van der Waals surface area contributed by atoms with Crippen molar-refractivity contribution in [3.63, 3.8) is 0 Å². The van der Waals surface area contributed by atoms with E-state index in [1.807, 2.05) is 25.1 Å². The van der Waals surface area contributed by atoms with Crippen molar-refractivity contribution in [1.82, 2.24) is 20.5 Å². The lowest BCUT2D eigenvalue weighted by Crippen LogP contribution is -2.29. The fourth-order valence-corrected chi connectivity index (χ4v) is 1.88. The maximum Gasteiger partial charge on any atom is 0.289 e. The number of aromatic nitrogens is 3. The number of halogens is 1. The SMILES string of the molecule is CCC(NC(=O)c1ncn[nH]1)c1cccc(Cl)c1. The van der Waals surface area contributed by atoms with Gasteiger partial charge in [0.1, 0.15) is 6.33 Å². The van der Waals surface area contributed by atoms with Gasteiger partial charge >= 0.3 is 0 Å². The van der Waals surface area contributed by atoms with E-state index < -0.39 is 0 Å². The molecule has 2 aromatic rings. The number of hydrogen-bond acceptors (Lipinski definition) is 3. The zero-order valence-electron chi connectivity index (χ0n) is 9.85. The van der Waals surface area contributed by atoms with Crippen LogP contribution in [-0.2, 0) is 0 Å². The number of carbonyl (C=O) groups is 1. The average Bonchev–Trinajstić information content (AvgIpc) is 2.89. The Bertz CT molecular complexity index is 527. The Balaban J connectivity index is 2.13. The van der Waals surface area contributed by atoms with E-state index in [9.17, 15) is 4.79 Å². The van der Waals surface area contributed by atoms with Crippen molar-refractivity contribution in [3.05, 3.63) is 47.0 Å². The first-order chi connectivity index (χ1) is 8.70. The van der Waals surface area contributed by atoms with Crippen molar-refractivity contribution < 1.29 is 4.79 Å². The van der Waals surface area contributed by atoms with Gasteiger partial charge in [0, 0.05) is 5.02 Å². The van der Waals surface area contributed by atoms with Crippen LogP contribution in [0.4, 0.5) is 0 Å². The van der Waals surface area contributed by atoms with Crippen LogP contribution in [0.15, 0.2) is 30.6 Å². The smallest absolute Gasteiger partial charge is 0.289 e. The Labute approximate surface area is 110 Å². The zero-order valence-corrected chi connectivity index (χ0v) is 10.6. The minimum absolute atomic E-state index is 0.0960. The second-order valence-corrected chi connectivity index (χ2v) is 4.26. The summed E-state index contributed by atoms with van der Waals surface area (Å²) in [7, 11) is 0. The third kappa shape index (κ3) is 2.87. The predicted molar refractivity (Wildman–Crippen MR) is 68.3 cm³/mol. The Morgan fingerprint density at radius 2 is 2.39 bits per heavy atom. The van der Waals surface area contributed by atoms with Crippen LogP contribution >= 0.6 is 11.6 Å². The van der Waals surface area contributed by atoms with Gasteiger partial charge in [-0.15, -0.1) is 0 Å². The molecule has 2 N–H and O–H groups in total. The van der Waals surface area contributed by atoms with E-state index in [2.05, 4.69) is 20.5 Å². The van der Waals surface area contributed by atoms with Crippen LogP contribution in [0.5, 0.6) is 0 Å². The molecule has 1 aromatic carbocycles. The third-order valence-electron chi connectivity index (χ3n) is 2.59. The van der Waals surface area contributed by atoms with E-state index in [4.69, 9.17) is 11.6 Å². The largest absolute Gasteiger partial charge is 0.343 e. The molecule has 0 radical (unpaired) electrons. The standard InChI is InChI=1S/C12H13ClN4O/c1-2-10(8-4-3-5-9(13)6-8)16-12(18)11-14-7-15-17-11/h3-7,10H,2H2,1H3,(H,16,18)(H,14,15,17). The summed E-state index contributed by atoms with van der Waals surface area (Å²) in [4.78, 5) is 15.7. The highest BCUT2D eigenvalue weighted by atomic mass is 35.5. The molecule has 94 valence electrons. The number of nitrogens with zero attached hydrogens (tertiary/aromatic N) is 2. The summed E-state index contributed by atoms with van der Waals surface area (Å²) in [5, 5.41) is 9.71. The van der Waals surface area contributed by atoms with Crippen LogP contribution in [0.25, 0.3) is 0 Å². The van der Waals surface area contributed by atoms with Crippen LogP contribution in [0.2, 0.25) is 5.02 Å². The van der Waals surface area contributed by atoms with Crippen LogP contribution in [0, 0.1) is 0 Å². The normalized spacial score (nSPS) is 12.1. The summed E-state index contributed by atoms with van der Waals surface area (Å²) >= 11 is 5.94. The molecule has 2 rings (SSSR count). The highest BCUT2D eigenvalue weighted by molar-refractivity contribution is 6.30. The number of amides is 1. The molecular weight excluding hydrogens is 252 g/mol. The molecule has 0 aliphatic carbocycles. The molecule has 1 unspecified atom stereocenters.